The van der Waals surface area contributed by atoms with Crippen LogP contribution in [-0.2, 0) is 9.53 Å². The van der Waals surface area contributed by atoms with Gasteiger partial charge in [-0.25, -0.2) is 0 Å². The van der Waals surface area contributed by atoms with Crippen molar-refractivity contribution in [1.82, 2.24) is 9.88 Å². The lowest BCUT2D eigenvalue weighted by atomic mass is 10.2. The average molecular weight is 266 g/mol. The summed E-state index contributed by atoms with van der Waals surface area (Å²) in [5.41, 5.74) is 0.132. The molecule has 0 saturated heterocycles. The van der Waals surface area contributed by atoms with E-state index in [1.165, 1.54) is 23.4 Å². The first-order valence-corrected chi connectivity index (χ1v) is 6.18. The minimum Gasteiger partial charge on any atom is -0.505 e. The summed E-state index contributed by atoms with van der Waals surface area (Å²) in [7, 11) is 0. The summed E-state index contributed by atoms with van der Waals surface area (Å²) in [6.07, 6.45) is 3.32. The molecule has 1 aromatic rings. The molecule has 1 aromatic heterocycles. The molecule has 0 aliphatic rings. The maximum atomic E-state index is 12.2. The van der Waals surface area contributed by atoms with Crippen LogP contribution in [0.4, 0.5) is 0 Å². The molecule has 0 aromatic carbocycles. The van der Waals surface area contributed by atoms with Crippen LogP contribution in [0.3, 0.4) is 0 Å². The standard InChI is InChI=1S/C13H18N2O4/c1-3-7-15(9-12(17)19-4-2)13(18)10-5-6-14-8-11(10)16/h5-6,8,16H,3-4,7,9H2,1-2H3. The van der Waals surface area contributed by atoms with E-state index in [0.29, 0.717) is 13.0 Å². The summed E-state index contributed by atoms with van der Waals surface area (Å²) in [4.78, 5) is 28.7. The summed E-state index contributed by atoms with van der Waals surface area (Å²) < 4.78 is 4.83. The summed E-state index contributed by atoms with van der Waals surface area (Å²) in [6, 6.07) is 1.42. The van der Waals surface area contributed by atoms with Gasteiger partial charge in [-0.3, -0.25) is 14.6 Å². The smallest absolute Gasteiger partial charge is 0.325 e. The number of nitrogens with zero attached hydrogens (tertiary/aromatic N) is 2. The van der Waals surface area contributed by atoms with Crippen molar-refractivity contribution >= 4 is 11.9 Å². The second kappa shape index (κ2) is 7.35. The molecule has 0 saturated carbocycles. The van der Waals surface area contributed by atoms with Gasteiger partial charge < -0.3 is 14.7 Å². The number of hydrogen-bond acceptors (Lipinski definition) is 5. The molecule has 19 heavy (non-hydrogen) atoms. The molecule has 104 valence electrons. The predicted octanol–water partition coefficient (Wildman–Crippen LogP) is 1.20. The molecule has 1 N–H and O–H groups in total. The first-order chi connectivity index (χ1) is 9.10. The highest BCUT2D eigenvalue weighted by Crippen LogP contribution is 2.16. The highest BCUT2D eigenvalue weighted by molar-refractivity contribution is 5.98. The van der Waals surface area contributed by atoms with Crippen LogP contribution >= 0.6 is 0 Å². The summed E-state index contributed by atoms with van der Waals surface area (Å²) in [5, 5.41) is 9.61. The maximum absolute atomic E-state index is 12.2. The molecule has 0 unspecified atom stereocenters. The van der Waals surface area contributed by atoms with Gasteiger partial charge in [0, 0.05) is 12.7 Å². The third-order valence-corrected chi connectivity index (χ3v) is 2.44. The van der Waals surface area contributed by atoms with Gasteiger partial charge in [-0.15, -0.1) is 0 Å². The number of ether oxygens (including phenoxy) is 1. The number of carbonyl (C=O) groups is 2. The first-order valence-electron chi connectivity index (χ1n) is 6.18. The molecule has 1 rings (SSSR count). The quantitative estimate of drug-likeness (QED) is 0.783. The third kappa shape index (κ3) is 4.24. The fraction of sp³-hybridized carbons (Fsp3) is 0.462. The molecule has 1 heterocycles. The second-order valence-corrected chi connectivity index (χ2v) is 3.92. The van der Waals surface area contributed by atoms with Gasteiger partial charge in [0.05, 0.1) is 18.4 Å². The van der Waals surface area contributed by atoms with Crippen molar-refractivity contribution in [2.24, 2.45) is 0 Å². The van der Waals surface area contributed by atoms with Crippen LogP contribution in [0.15, 0.2) is 18.5 Å². The number of hydrogen-bond donors (Lipinski definition) is 1. The fourth-order valence-electron chi connectivity index (χ4n) is 1.62. The van der Waals surface area contributed by atoms with Crippen LogP contribution in [0.2, 0.25) is 0 Å². The lowest BCUT2D eigenvalue weighted by Crippen LogP contribution is -2.37. The van der Waals surface area contributed by atoms with E-state index in [1.807, 2.05) is 6.92 Å². The van der Waals surface area contributed by atoms with Gasteiger partial charge in [0.1, 0.15) is 12.3 Å². The Kier molecular flexibility index (Phi) is 5.78. The van der Waals surface area contributed by atoms with Crippen LogP contribution < -0.4 is 0 Å². The minimum absolute atomic E-state index is 0.123. The van der Waals surface area contributed by atoms with E-state index in [9.17, 15) is 14.7 Å². The van der Waals surface area contributed by atoms with E-state index >= 15 is 0 Å². The zero-order valence-electron chi connectivity index (χ0n) is 11.1. The Morgan fingerprint density at radius 2 is 2.16 bits per heavy atom. The van der Waals surface area contributed by atoms with Gasteiger partial charge in [0.2, 0.25) is 0 Å². The molecule has 0 radical (unpaired) electrons. The lowest BCUT2D eigenvalue weighted by Gasteiger charge is -2.21. The molecular formula is C13H18N2O4. The topological polar surface area (TPSA) is 79.7 Å². The molecule has 0 aliphatic heterocycles. The Bertz CT molecular complexity index is 448. The number of carbonyl (C=O) groups excluding carboxylic acids is 2. The largest absolute Gasteiger partial charge is 0.505 e. The number of rotatable bonds is 6. The fourth-order valence-corrected chi connectivity index (χ4v) is 1.62. The Morgan fingerprint density at radius 3 is 2.74 bits per heavy atom. The zero-order valence-corrected chi connectivity index (χ0v) is 11.1. The third-order valence-electron chi connectivity index (χ3n) is 2.44. The van der Waals surface area contributed by atoms with Crippen molar-refractivity contribution in [2.75, 3.05) is 19.7 Å². The summed E-state index contributed by atoms with van der Waals surface area (Å²) >= 11 is 0. The van der Waals surface area contributed by atoms with E-state index in [2.05, 4.69) is 4.98 Å². The SMILES string of the molecule is CCCN(CC(=O)OCC)C(=O)c1ccncc1O. The van der Waals surface area contributed by atoms with Gasteiger partial charge in [-0.05, 0) is 19.4 Å². The molecule has 0 atom stereocenters. The number of aromatic hydroxyl groups is 1. The van der Waals surface area contributed by atoms with Gasteiger partial charge in [0.15, 0.2) is 0 Å². The predicted molar refractivity (Wildman–Crippen MR) is 68.7 cm³/mol. The van der Waals surface area contributed by atoms with Crippen LogP contribution in [0, 0.1) is 0 Å². The monoisotopic (exact) mass is 266 g/mol. The van der Waals surface area contributed by atoms with Gasteiger partial charge in [-0.1, -0.05) is 6.92 Å². The molecule has 0 spiro atoms. The van der Waals surface area contributed by atoms with Crippen LogP contribution in [0.1, 0.15) is 30.6 Å². The van der Waals surface area contributed by atoms with Crippen molar-refractivity contribution in [3.05, 3.63) is 24.0 Å². The van der Waals surface area contributed by atoms with Crippen molar-refractivity contribution in [3.8, 4) is 5.75 Å². The summed E-state index contributed by atoms with van der Waals surface area (Å²) in [5.74, 6) is -1.06. The van der Waals surface area contributed by atoms with Crippen LogP contribution in [-0.4, -0.2) is 46.6 Å². The molecule has 6 nitrogen and oxygen atoms in total. The highest BCUT2D eigenvalue weighted by atomic mass is 16.5. The Balaban J connectivity index is 2.84. The Hall–Kier alpha value is -2.11. The van der Waals surface area contributed by atoms with Crippen molar-refractivity contribution in [2.45, 2.75) is 20.3 Å². The van der Waals surface area contributed by atoms with Crippen molar-refractivity contribution in [3.63, 3.8) is 0 Å². The van der Waals surface area contributed by atoms with Crippen molar-refractivity contribution in [1.29, 1.82) is 0 Å². The van der Waals surface area contributed by atoms with E-state index in [1.54, 1.807) is 6.92 Å². The Morgan fingerprint density at radius 1 is 1.42 bits per heavy atom. The van der Waals surface area contributed by atoms with Gasteiger partial charge in [0.25, 0.3) is 5.91 Å². The first kappa shape index (κ1) is 14.9. The maximum Gasteiger partial charge on any atom is 0.325 e. The highest BCUT2D eigenvalue weighted by Gasteiger charge is 2.21. The van der Waals surface area contributed by atoms with Gasteiger partial charge >= 0.3 is 5.97 Å². The van der Waals surface area contributed by atoms with Crippen LogP contribution in [0.25, 0.3) is 0 Å². The van der Waals surface area contributed by atoms with E-state index in [-0.39, 0.29) is 24.5 Å². The normalized spacial score (nSPS) is 10.0. The minimum atomic E-state index is -0.460. The average Bonchev–Trinajstić information content (AvgIpc) is 2.38. The lowest BCUT2D eigenvalue weighted by molar-refractivity contribution is -0.143. The number of esters is 1. The van der Waals surface area contributed by atoms with E-state index < -0.39 is 11.9 Å². The number of pyridine rings is 1. The molecule has 0 aliphatic carbocycles. The molecule has 6 heteroatoms. The molecule has 1 amide bonds. The Labute approximate surface area is 112 Å². The zero-order chi connectivity index (χ0) is 14.3. The molecule has 0 fully saturated rings. The number of amides is 1. The van der Waals surface area contributed by atoms with Crippen molar-refractivity contribution < 1.29 is 19.4 Å². The summed E-state index contributed by atoms with van der Waals surface area (Å²) in [6.45, 7) is 4.17. The van der Waals surface area contributed by atoms with E-state index in [4.69, 9.17) is 4.74 Å². The molecule has 0 bridgehead atoms. The van der Waals surface area contributed by atoms with E-state index in [0.717, 1.165) is 0 Å². The van der Waals surface area contributed by atoms with Crippen LogP contribution in [0.5, 0.6) is 5.75 Å². The second-order valence-electron chi connectivity index (χ2n) is 3.92. The number of aromatic nitrogens is 1. The van der Waals surface area contributed by atoms with Gasteiger partial charge in [-0.2, -0.15) is 0 Å². The molecular weight excluding hydrogens is 248 g/mol.